The number of hydroxylamine groups is 2. The Bertz CT molecular complexity index is 874. The first kappa shape index (κ1) is 25.5. The second-order valence-electron chi connectivity index (χ2n) is 9.68. The van der Waals surface area contributed by atoms with E-state index in [1.54, 1.807) is 0 Å². The number of hydrogen-bond donors (Lipinski definition) is 1. The number of carboxylic acid groups (broad SMARTS) is 1. The number of carbonyl (C=O) groups is 1. The molecule has 0 saturated carbocycles. The third-order valence-corrected chi connectivity index (χ3v) is 8.25. The normalized spacial score (nSPS) is 21.5. The van der Waals surface area contributed by atoms with E-state index in [0.717, 1.165) is 37.7 Å². The number of rotatable bonds is 11. The zero-order chi connectivity index (χ0) is 24.1. The van der Waals surface area contributed by atoms with E-state index in [0.29, 0.717) is 12.3 Å². The highest BCUT2D eigenvalue weighted by Crippen LogP contribution is 2.53. The molecule has 0 aromatic heterocycles. The van der Waals surface area contributed by atoms with E-state index in [2.05, 4.69) is 88.2 Å². The Kier molecular flexibility index (Phi) is 8.36. The second-order valence-corrected chi connectivity index (χ2v) is 9.68. The smallest absolute Gasteiger partial charge is 0.308 e. The number of hydrogen-bond acceptors (Lipinski definition) is 3. The summed E-state index contributed by atoms with van der Waals surface area (Å²) in [5.74, 6) is -0.829. The molecule has 1 aliphatic rings. The lowest BCUT2D eigenvalue weighted by molar-refractivity contribution is -0.293. The second kappa shape index (κ2) is 10.8. The first-order valence-corrected chi connectivity index (χ1v) is 12.7. The molecule has 4 nitrogen and oxygen atoms in total. The number of aliphatic carboxylic acids is 1. The number of benzene rings is 2. The molecule has 3 unspecified atom stereocenters. The predicted octanol–water partition coefficient (Wildman–Crippen LogP) is 7.38. The predicted molar refractivity (Wildman–Crippen MR) is 134 cm³/mol. The van der Waals surface area contributed by atoms with Gasteiger partial charge in [0.1, 0.15) is 6.10 Å². The minimum atomic E-state index is -0.704. The minimum absolute atomic E-state index is 0.149. The Morgan fingerprint density at radius 1 is 0.939 bits per heavy atom. The van der Waals surface area contributed by atoms with Gasteiger partial charge < -0.3 is 5.11 Å². The monoisotopic (exact) mass is 451 g/mol. The summed E-state index contributed by atoms with van der Waals surface area (Å²) < 4.78 is 0. The van der Waals surface area contributed by atoms with Crippen LogP contribution in [0.5, 0.6) is 0 Å². The van der Waals surface area contributed by atoms with Crippen molar-refractivity contribution in [2.24, 2.45) is 5.92 Å². The topological polar surface area (TPSA) is 49.8 Å². The minimum Gasteiger partial charge on any atom is -0.481 e. The summed E-state index contributed by atoms with van der Waals surface area (Å²) in [6.45, 7) is 10.8. The van der Waals surface area contributed by atoms with Crippen molar-refractivity contribution in [3.63, 3.8) is 0 Å². The van der Waals surface area contributed by atoms with Crippen LogP contribution in [0.1, 0.15) is 96.3 Å². The summed E-state index contributed by atoms with van der Waals surface area (Å²) in [5.41, 5.74) is 1.64. The molecule has 1 fully saturated rings. The number of carboxylic acids is 1. The molecular formula is C29H41NO3. The van der Waals surface area contributed by atoms with Crippen LogP contribution in [-0.4, -0.2) is 27.2 Å². The molecule has 3 atom stereocenters. The van der Waals surface area contributed by atoms with Crippen molar-refractivity contribution in [3.05, 3.63) is 71.8 Å². The van der Waals surface area contributed by atoms with Gasteiger partial charge in [-0.1, -0.05) is 95.3 Å². The maximum absolute atomic E-state index is 12.4. The van der Waals surface area contributed by atoms with Gasteiger partial charge in [-0.2, -0.15) is 5.06 Å². The van der Waals surface area contributed by atoms with Crippen LogP contribution in [-0.2, 0) is 9.63 Å². The van der Waals surface area contributed by atoms with Crippen molar-refractivity contribution >= 4 is 5.97 Å². The fraction of sp³-hybridized carbons (Fsp3) is 0.552. The van der Waals surface area contributed by atoms with Crippen LogP contribution in [0, 0.1) is 5.92 Å². The lowest BCUT2D eigenvalue weighted by Crippen LogP contribution is -2.55. The molecule has 1 aliphatic heterocycles. The highest BCUT2D eigenvalue weighted by Gasteiger charge is 2.61. The van der Waals surface area contributed by atoms with E-state index in [1.165, 1.54) is 5.56 Å². The average Bonchev–Trinajstić information content (AvgIpc) is 3.15. The van der Waals surface area contributed by atoms with Gasteiger partial charge in [-0.3, -0.25) is 9.63 Å². The molecule has 1 saturated heterocycles. The highest BCUT2D eigenvalue weighted by atomic mass is 16.7. The summed E-state index contributed by atoms with van der Waals surface area (Å²) in [4.78, 5) is 19.5. The van der Waals surface area contributed by atoms with Crippen LogP contribution in [0.3, 0.4) is 0 Å². The Morgan fingerprint density at radius 3 is 1.91 bits per heavy atom. The molecule has 180 valence electrons. The van der Waals surface area contributed by atoms with Gasteiger partial charge in [0, 0.05) is 5.54 Å². The molecule has 0 bridgehead atoms. The van der Waals surface area contributed by atoms with Crippen LogP contribution in [0.25, 0.3) is 0 Å². The Labute approximate surface area is 199 Å². The average molecular weight is 452 g/mol. The van der Waals surface area contributed by atoms with Crippen molar-refractivity contribution in [1.82, 2.24) is 5.06 Å². The molecule has 2 aromatic rings. The first-order valence-electron chi connectivity index (χ1n) is 12.7. The number of nitrogens with zero attached hydrogens (tertiary/aromatic N) is 1. The molecule has 0 amide bonds. The fourth-order valence-corrected chi connectivity index (χ4v) is 5.93. The molecule has 4 heteroatoms. The largest absolute Gasteiger partial charge is 0.481 e. The molecular weight excluding hydrogens is 410 g/mol. The van der Waals surface area contributed by atoms with Gasteiger partial charge in [-0.05, 0) is 55.6 Å². The van der Waals surface area contributed by atoms with Crippen molar-refractivity contribution < 1.29 is 14.7 Å². The molecule has 3 rings (SSSR count). The van der Waals surface area contributed by atoms with Crippen LogP contribution < -0.4 is 0 Å². The third kappa shape index (κ3) is 4.88. The fourth-order valence-electron chi connectivity index (χ4n) is 5.93. The molecule has 1 heterocycles. The first-order chi connectivity index (χ1) is 15.9. The summed E-state index contributed by atoms with van der Waals surface area (Å²) in [6, 6.07) is 21.0. The molecule has 33 heavy (non-hydrogen) atoms. The lowest BCUT2D eigenvalue weighted by atomic mass is 9.79. The van der Waals surface area contributed by atoms with E-state index < -0.39 is 17.4 Å². The Hall–Kier alpha value is -2.17. The van der Waals surface area contributed by atoms with E-state index in [-0.39, 0.29) is 11.6 Å². The standard InChI is InChI=1S/C29H41NO3/c1-6-28(7-2)21-25(27(31)32)29(8-3,9-4)30(28)33-26(24-18-14-11-15-19-24)20-22(5)23-16-12-10-13-17-23/h10-19,22,25-26H,6-9,20-21H2,1-5H3,(H,31,32). The van der Waals surface area contributed by atoms with E-state index in [9.17, 15) is 9.90 Å². The summed E-state index contributed by atoms with van der Waals surface area (Å²) in [6.07, 6.45) is 4.54. The maximum Gasteiger partial charge on any atom is 0.308 e. The molecule has 1 N–H and O–H groups in total. The Balaban J connectivity index is 2.03. The van der Waals surface area contributed by atoms with Gasteiger partial charge in [-0.15, -0.1) is 0 Å². The van der Waals surface area contributed by atoms with Crippen LogP contribution in [0.2, 0.25) is 0 Å². The van der Waals surface area contributed by atoms with Gasteiger partial charge in [-0.25, -0.2) is 0 Å². The SMILES string of the molecule is CCC1(CC)CC(C(=O)O)C(CC)(CC)N1OC(CC(C)c1ccccc1)c1ccccc1. The summed E-state index contributed by atoms with van der Waals surface area (Å²) in [7, 11) is 0. The van der Waals surface area contributed by atoms with Crippen LogP contribution in [0.15, 0.2) is 60.7 Å². The van der Waals surface area contributed by atoms with Crippen LogP contribution in [0.4, 0.5) is 0 Å². The van der Waals surface area contributed by atoms with E-state index >= 15 is 0 Å². The van der Waals surface area contributed by atoms with Gasteiger partial charge in [0.25, 0.3) is 0 Å². The van der Waals surface area contributed by atoms with E-state index in [1.807, 2.05) is 12.1 Å². The van der Waals surface area contributed by atoms with Crippen LogP contribution >= 0.6 is 0 Å². The summed E-state index contributed by atoms with van der Waals surface area (Å²) in [5, 5.41) is 12.4. The highest BCUT2D eigenvalue weighted by molar-refractivity contribution is 5.72. The molecule has 2 aromatic carbocycles. The van der Waals surface area contributed by atoms with Gasteiger partial charge in [0.15, 0.2) is 0 Å². The molecule has 0 spiro atoms. The zero-order valence-electron chi connectivity index (χ0n) is 21.0. The quantitative estimate of drug-likeness (QED) is 0.387. The third-order valence-electron chi connectivity index (χ3n) is 8.25. The maximum atomic E-state index is 12.4. The van der Waals surface area contributed by atoms with Gasteiger partial charge in [0.05, 0.1) is 11.5 Å². The Morgan fingerprint density at radius 2 is 1.45 bits per heavy atom. The van der Waals surface area contributed by atoms with Gasteiger partial charge in [0.2, 0.25) is 0 Å². The van der Waals surface area contributed by atoms with Gasteiger partial charge >= 0.3 is 5.97 Å². The summed E-state index contributed by atoms with van der Waals surface area (Å²) >= 11 is 0. The van der Waals surface area contributed by atoms with E-state index in [4.69, 9.17) is 4.84 Å². The zero-order valence-corrected chi connectivity index (χ0v) is 21.0. The van der Waals surface area contributed by atoms with Crippen molar-refractivity contribution in [3.8, 4) is 0 Å². The molecule has 0 radical (unpaired) electrons. The van der Waals surface area contributed by atoms with Crippen molar-refractivity contribution in [1.29, 1.82) is 0 Å². The van der Waals surface area contributed by atoms with Crippen molar-refractivity contribution in [2.75, 3.05) is 0 Å². The lowest BCUT2D eigenvalue weighted by Gasteiger charge is -2.47. The molecule has 0 aliphatic carbocycles. The van der Waals surface area contributed by atoms with Crippen molar-refractivity contribution in [2.45, 2.75) is 96.2 Å².